The molecule has 0 spiro atoms. The Labute approximate surface area is 302 Å². The van der Waals surface area contributed by atoms with E-state index in [4.69, 9.17) is 4.99 Å². The monoisotopic (exact) mass is 724 g/mol. The predicted molar refractivity (Wildman–Crippen MR) is 208 cm³/mol. The van der Waals surface area contributed by atoms with E-state index < -0.39 is 5.20 Å². The SMILES string of the molecule is Cc1cc(C)cc(C(=O)NCCc2ccc(C(C)C)cc2)c1.Cc1cc(C)cc(C2=NCCc3ccc(C(C)C)cc32)c1.O=P(Cl)(Cl)Cl. The first-order chi connectivity index (χ1) is 22.5. The van der Waals surface area contributed by atoms with Crippen LogP contribution in [0, 0.1) is 27.7 Å². The zero-order chi connectivity index (χ0) is 35.6. The highest BCUT2D eigenvalue weighted by atomic mass is 36.0. The molecule has 8 heteroatoms. The van der Waals surface area contributed by atoms with Gasteiger partial charge in [-0.05, 0) is 139 Å². The Morgan fingerprint density at radius 2 is 1.25 bits per heavy atom. The van der Waals surface area contributed by atoms with Gasteiger partial charge in [-0.3, -0.25) is 14.4 Å². The second-order valence-corrected chi connectivity index (χ2v) is 19.7. The average molecular weight is 726 g/mol. The standard InChI is InChI=1S/C20H25NO.C20H23N.Cl3OP/c1-14(2)18-7-5-17(6-8-18)9-10-21-20(22)19-12-15(3)11-16(4)13-19;1-13(2)17-6-5-16-7-8-21-20(19(16)12-17)18-10-14(3)9-15(4)11-18;1-5(2,3)4/h5-8,11-14H,9-10H2,1-4H3,(H,21,22);5-6,9-13H,7-8H2,1-4H3;. The van der Waals surface area contributed by atoms with Gasteiger partial charge in [0.2, 0.25) is 0 Å². The van der Waals surface area contributed by atoms with E-state index in [2.05, 4.69) is 147 Å². The van der Waals surface area contributed by atoms with E-state index in [1.807, 2.05) is 26.0 Å². The normalized spacial score (nSPS) is 12.3. The minimum atomic E-state index is -3.22. The molecule has 0 saturated heterocycles. The van der Waals surface area contributed by atoms with Crippen molar-refractivity contribution in [2.45, 2.75) is 80.1 Å². The van der Waals surface area contributed by atoms with Gasteiger partial charge < -0.3 is 5.32 Å². The number of aryl methyl sites for hydroxylation is 4. The number of halogens is 3. The van der Waals surface area contributed by atoms with Crippen molar-refractivity contribution in [2.75, 3.05) is 13.1 Å². The summed E-state index contributed by atoms with van der Waals surface area (Å²) in [5.41, 5.74) is 14.8. The fraction of sp³-hybridized carbons (Fsp3) is 0.350. The Hall–Kier alpha value is -2.88. The Balaban J connectivity index is 0.000000229. The molecule has 0 aliphatic carbocycles. The minimum absolute atomic E-state index is 0.00519. The minimum Gasteiger partial charge on any atom is -0.352 e. The number of aliphatic imine (C=N–C) groups is 1. The Kier molecular flexibility index (Phi) is 15.0. The van der Waals surface area contributed by atoms with Crippen LogP contribution in [0.25, 0.3) is 0 Å². The van der Waals surface area contributed by atoms with Crippen LogP contribution in [-0.4, -0.2) is 24.7 Å². The lowest BCUT2D eigenvalue weighted by molar-refractivity contribution is 0.0954. The maximum absolute atomic E-state index is 12.2. The van der Waals surface area contributed by atoms with Crippen LogP contribution in [0.1, 0.15) is 106 Å². The van der Waals surface area contributed by atoms with Gasteiger partial charge in [0.05, 0.1) is 5.71 Å². The number of nitrogens with zero attached hydrogens (tertiary/aromatic N) is 1. The van der Waals surface area contributed by atoms with E-state index in [0.29, 0.717) is 18.4 Å². The molecule has 1 aliphatic rings. The first-order valence-corrected chi connectivity index (χ1v) is 20.8. The fourth-order valence-electron chi connectivity index (χ4n) is 5.72. The van der Waals surface area contributed by atoms with Crippen molar-refractivity contribution in [1.29, 1.82) is 0 Å². The Morgan fingerprint density at radius 1 is 0.750 bits per heavy atom. The molecule has 48 heavy (non-hydrogen) atoms. The van der Waals surface area contributed by atoms with E-state index in [-0.39, 0.29) is 5.91 Å². The third-order valence-electron chi connectivity index (χ3n) is 8.03. The largest absolute Gasteiger partial charge is 0.352 e. The summed E-state index contributed by atoms with van der Waals surface area (Å²) in [7, 11) is 0. The lowest BCUT2D eigenvalue weighted by Gasteiger charge is -2.20. The summed E-state index contributed by atoms with van der Waals surface area (Å²) in [5, 5.41) is -0.222. The average Bonchev–Trinajstić information content (AvgIpc) is 2.99. The molecule has 0 fully saturated rings. The zero-order valence-electron chi connectivity index (χ0n) is 29.3. The second kappa shape index (κ2) is 18.2. The maximum Gasteiger partial charge on any atom is 0.339 e. The number of carbonyl (C=O) groups excluding carboxylic acids is 1. The fourth-order valence-corrected chi connectivity index (χ4v) is 5.72. The highest BCUT2D eigenvalue weighted by molar-refractivity contribution is 8.24. The predicted octanol–water partition coefficient (Wildman–Crippen LogP) is 12.0. The molecular weight excluding hydrogens is 678 g/mol. The quantitative estimate of drug-likeness (QED) is 0.193. The van der Waals surface area contributed by atoms with Gasteiger partial charge in [-0.2, -0.15) is 0 Å². The van der Waals surface area contributed by atoms with Crippen LogP contribution >= 0.6 is 38.9 Å². The zero-order valence-corrected chi connectivity index (χ0v) is 32.5. The van der Waals surface area contributed by atoms with Crippen molar-refractivity contribution < 1.29 is 9.36 Å². The third-order valence-corrected chi connectivity index (χ3v) is 8.03. The van der Waals surface area contributed by atoms with Gasteiger partial charge in [-0.25, -0.2) is 0 Å². The summed E-state index contributed by atoms with van der Waals surface area (Å²) >= 11 is 13.8. The molecule has 5 rings (SSSR count). The lowest BCUT2D eigenvalue weighted by Crippen LogP contribution is -2.25. The number of amides is 1. The first kappa shape index (κ1) is 39.6. The third kappa shape index (κ3) is 13.2. The molecule has 0 saturated carbocycles. The summed E-state index contributed by atoms with van der Waals surface area (Å²) in [4.78, 5) is 17.0. The summed E-state index contributed by atoms with van der Waals surface area (Å²) in [6.45, 7) is 18.8. The molecule has 4 nitrogen and oxygen atoms in total. The Bertz CT molecular complexity index is 1730. The number of hydrogen-bond donors (Lipinski definition) is 1. The first-order valence-electron chi connectivity index (χ1n) is 16.4. The van der Waals surface area contributed by atoms with Crippen molar-refractivity contribution in [3.63, 3.8) is 0 Å². The smallest absolute Gasteiger partial charge is 0.339 e. The molecule has 1 heterocycles. The highest BCUT2D eigenvalue weighted by Gasteiger charge is 2.17. The van der Waals surface area contributed by atoms with Gasteiger partial charge in [-0.15, -0.1) is 0 Å². The van der Waals surface area contributed by atoms with Gasteiger partial charge in [0.25, 0.3) is 5.91 Å². The van der Waals surface area contributed by atoms with Crippen molar-refractivity contribution in [2.24, 2.45) is 4.99 Å². The van der Waals surface area contributed by atoms with Gasteiger partial charge in [0.15, 0.2) is 0 Å². The summed E-state index contributed by atoms with van der Waals surface area (Å²) in [6, 6.07) is 28.2. The topological polar surface area (TPSA) is 58.5 Å². The molecule has 1 N–H and O–H groups in total. The van der Waals surface area contributed by atoms with Gasteiger partial charge in [0.1, 0.15) is 0 Å². The van der Waals surface area contributed by atoms with E-state index in [0.717, 1.165) is 36.1 Å². The number of rotatable bonds is 7. The van der Waals surface area contributed by atoms with Crippen LogP contribution in [0.5, 0.6) is 0 Å². The molecule has 0 atom stereocenters. The Morgan fingerprint density at radius 3 is 1.77 bits per heavy atom. The van der Waals surface area contributed by atoms with Crippen LogP contribution in [-0.2, 0) is 17.4 Å². The molecule has 256 valence electrons. The van der Waals surface area contributed by atoms with Crippen molar-refractivity contribution >= 4 is 50.5 Å². The highest BCUT2D eigenvalue weighted by Crippen LogP contribution is 2.61. The summed E-state index contributed by atoms with van der Waals surface area (Å²) in [6.07, 6.45) is 1.91. The number of fused-ring (bicyclic) bond motifs is 1. The van der Waals surface area contributed by atoms with Crippen LogP contribution in [0.4, 0.5) is 0 Å². The molecule has 4 aromatic carbocycles. The van der Waals surface area contributed by atoms with Gasteiger partial charge in [-0.1, -0.05) is 98.5 Å². The number of nitrogens with one attached hydrogen (secondary N) is 1. The molecule has 0 bridgehead atoms. The molecule has 0 aromatic heterocycles. The van der Waals surface area contributed by atoms with Crippen molar-refractivity contribution in [1.82, 2.24) is 5.32 Å². The van der Waals surface area contributed by atoms with Crippen LogP contribution in [0.15, 0.2) is 83.9 Å². The van der Waals surface area contributed by atoms with Crippen LogP contribution in [0.3, 0.4) is 0 Å². The van der Waals surface area contributed by atoms with E-state index in [1.54, 1.807) is 0 Å². The van der Waals surface area contributed by atoms with Crippen molar-refractivity contribution in [3.05, 3.63) is 140 Å². The van der Waals surface area contributed by atoms with Crippen LogP contribution in [0.2, 0.25) is 0 Å². The summed E-state index contributed by atoms with van der Waals surface area (Å²) < 4.78 is 9.51. The number of benzene rings is 4. The van der Waals surface area contributed by atoms with Crippen LogP contribution < -0.4 is 5.32 Å². The van der Waals surface area contributed by atoms with Gasteiger partial charge in [0, 0.05) is 29.8 Å². The van der Waals surface area contributed by atoms with E-state index in [1.165, 1.54) is 50.2 Å². The number of hydrogen-bond acceptors (Lipinski definition) is 3. The van der Waals surface area contributed by atoms with Gasteiger partial charge >= 0.3 is 5.20 Å². The van der Waals surface area contributed by atoms with Crippen molar-refractivity contribution in [3.8, 4) is 0 Å². The molecule has 0 unspecified atom stereocenters. The summed E-state index contributed by atoms with van der Waals surface area (Å²) in [5.74, 6) is 1.11. The second-order valence-electron chi connectivity index (χ2n) is 13.1. The maximum atomic E-state index is 12.2. The van der Waals surface area contributed by atoms with E-state index >= 15 is 0 Å². The molecule has 4 aromatic rings. The molecule has 1 amide bonds. The lowest BCUT2D eigenvalue weighted by atomic mass is 9.88. The number of carbonyl (C=O) groups is 1. The molecule has 0 radical (unpaired) electrons. The van der Waals surface area contributed by atoms with E-state index in [9.17, 15) is 9.36 Å². The molecule has 1 aliphatic heterocycles. The molecular formula is C40H48Cl3N2O2P.